The van der Waals surface area contributed by atoms with Gasteiger partial charge in [-0.3, -0.25) is 4.98 Å². The fourth-order valence-electron chi connectivity index (χ4n) is 4.11. The number of nitrogens with zero attached hydrogens (tertiary/aromatic N) is 1. The molecule has 142 valence electrons. The molecule has 4 aromatic carbocycles. The number of hydrogen-bond acceptors (Lipinski definition) is 3. The van der Waals surface area contributed by atoms with Gasteiger partial charge in [0, 0.05) is 28.3 Å². The summed E-state index contributed by atoms with van der Waals surface area (Å²) in [4.78, 5) is 4.49. The molecule has 0 amide bonds. The normalized spacial score (nSPS) is 11.3. The molecule has 2 aromatic heterocycles. The number of anilines is 2. The second kappa shape index (κ2) is 6.75. The molecule has 0 radical (unpaired) electrons. The van der Waals surface area contributed by atoms with Crippen LogP contribution >= 0.6 is 0 Å². The molecular weight excluding hydrogens is 368 g/mol. The van der Waals surface area contributed by atoms with Crippen LogP contribution in [0.3, 0.4) is 0 Å². The van der Waals surface area contributed by atoms with E-state index in [0.717, 1.165) is 33.4 Å². The maximum absolute atomic E-state index is 5.90. The second-order valence-electron chi connectivity index (χ2n) is 7.36. The fraction of sp³-hybridized carbons (Fsp3) is 0. The van der Waals surface area contributed by atoms with Crippen LogP contribution in [0.4, 0.5) is 11.4 Å². The summed E-state index contributed by atoms with van der Waals surface area (Å²) in [5.41, 5.74) is 7.08. The molecule has 3 nitrogen and oxygen atoms in total. The van der Waals surface area contributed by atoms with Gasteiger partial charge < -0.3 is 9.73 Å². The van der Waals surface area contributed by atoms with Crippen LogP contribution in [0.1, 0.15) is 0 Å². The first-order valence-electron chi connectivity index (χ1n) is 9.98. The summed E-state index contributed by atoms with van der Waals surface area (Å²) in [6.07, 6.45) is 1.80. The number of furan rings is 1. The molecule has 3 heteroatoms. The van der Waals surface area contributed by atoms with Crippen LogP contribution < -0.4 is 5.32 Å². The van der Waals surface area contributed by atoms with Crippen molar-refractivity contribution in [1.82, 2.24) is 4.98 Å². The molecule has 0 aliphatic rings. The molecule has 0 unspecified atom stereocenters. The third kappa shape index (κ3) is 2.72. The molecule has 1 N–H and O–H groups in total. The second-order valence-corrected chi connectivity index (χ2v) is 7.36. The number of fused-ring (bicyclic) bond motifs is 4. The van der Waals surface area contributed by atoms with Crippen molar-refractivity contribution in [2.24, 2.45) is 0 Å². The molecule has 0 fully saturated rings. The minimum Gasteiger partial charge on any atom is -0.454 e. The maximum Gasteiger partial charge on any atom is 0.153 e. The first-order valence-corrected chi connectivity index (χ1v) is 9.98. The quantitative estimate of drug-likeness (QED) is 0.341. The maximum atomic E-state index is 5.90. The molecule has 0 saturated carbocycles. The molecule has 0 aliphatic carbocycles. The highest BCUT2D eigenvalue weighted by Crippen LogP contribution is 2.36. The minimum absolute atomic E-state index is 0.808. The van der Waals surface area contributed by atoms with Crippen LogP contribution in [-0.2, 0) is 0 Å². The highest BCUT2D eigenvalue weighted by Gasteiger charge is 2.11. The van der Waals surface area contributed by atoms with Crippen molar-refractivity contribution < 1.29 is 4.42 Å². The summed E-state index contributed by atoms with van der Waals surface area (Å²) in [5, 5.41) is 7.03. The van der Waals surface area contributed by atoms with Crippen molar-refractivity contribution >= 4 is 44.2 Å². The average Bonchev–Trinajstić information content (AvgIpc) is 3.18. The van der Waals surface area contributed by atoms with Crippen LogP contribution in [0.2, 0.25) is 0 Å². The Morgan fingerprint density at radius 3 is 2.37 bits per heavy atom. The average molecular weight is 386 g/mol. The molecule has 0 atom stereocenters. The van der Waals surface area contributed by atoms with Crippen LogP contribution in [0.25, 0.3) is 44.0 Å². The summed E-state index contributed by atoms with van der Waals surface area (Å²) in [7, 11) is 0. The van der Waals surface area contributed by atoms with E-state index in [1.54, 1.807) is 6.20 Å². The predicted molar refractivity (Wildman–Crippen MR) is 124 cm³/mol. The van der Waals surface area contributed by atoms with Gasteiger partial charge in [-0.25, -0.2) is 0 Å². The van der Waals surface area contributed by atoms with Crippen molar-refractivity contribution in [1.29, 1.82) is 0 Å². The van der Waals surface area contributed by atoms with E-state index < -0.39 is 0 Å². The molecule has 0 saturated heterocycles. The number of pyridine rings is 1. The zero-order valence-corrected chi connectivity index (χ0v) is 16.2. The van der Waals surface area contributed by atoms with Gasteiger partial charge in [-0.05, 0) is 52.9 Å². The van der Waals surface area contributed by atoms with E-state index in [0.29, 0.717) is 0 Å². The zero-order chi connectivity index (χ0) is 19.9. The van der Waals surface area contributed by atoms with Crippen molar-refractivity contribution in [3.05, 3.63) is 103 Å². The summed E-state index contributed by atoms with van der Waals surface area (Å²) in [6, 6.07) is 33.4. The van der Waals surface area contributed by atoms with E-state index in [1.807, 2.05) is 30.3 Å². The van der Waals surface area contributed by atoms with E-state index in [1.165, 1.54) is 21.9 Å². The summed E-state index contributed by atoms with van der Waals surface area (Å²) >= 11 is 0. The van der Waals surface area contributed by atoms with Gasteiger partial charge in [0.2, 0.25) is 0 Å². The Bertz CT molecular complexity index is 1520. The van der Waals surface area contributed by atoms with Gasteiger partial charge in [0.25, 0.3) is 0 Å². The Morgan fingerprint density at radius 2 is 1.47 bits per heavy atom. The van der Waals surface area contributed by atoms with E-state index in [-0.39, 0.29) is 0 Å². The van der Waals surface area contributed by atoms with E-state index in [4.69, 9.17) is 4.42 Å². The third-order valence-corrected chi connectivity index (χ3v) is 5.51. The topological polar surface area (TPSA) is 38.1 Å². The van der Waals surface area contributed by atoms with E-state index >= 15 is 0 Å². The Labute approximate surface area is 173 Å². The van der Waals surface area contributed by atoms with Crippen LogP contribution in [0.5, 0.6) is 0 Å². The van der Waals surface area contributed by atoms with Crippen molar-refractivity contribution in [3.8, 4) is 11.1 Å². The van der Waals surface area contributed by atoms with Gasteiger partial charge in [0.15, 0.2) is 5.58 Å². The van der Waals surface area contributed by atoms with Crippen molar-refractivity contribution in [2.45, 2.75) is 0 Å². The van der Waals surface area contributed by atoms with Crippen LogP contribution in [0.15, 0.2) is 108 Å². The number of aromatic nitrogens is 1. The van der Waals surface area contributed by atoms with Gasteiger partial charge in [-0.15, -0.1) is 0 Å². The zero-order valence-electron chi connectivity index (χ0n) is 16.2. The van der Waals surface area contributed by atoms with Crippen molar-refractivity contribution in [3.63, 3.8) is 0 Å². The Kier molecular flexibility index (Phi) is 3.78. The third-order valence-electron chi connectivity index (χ3n) is 5.51. The molecule has 0 bridgehead atoms. The minimum atomic E-state index is 0.808. The SMILES string of the molecule is c1ccc(-c2ccc(Nc3ccc4oc5cccnc5c4c3)c3ccccc23)cc1. The summed E-state index contributed by atoms with van der Waals surface area (Å²) < 4.78 is 5.90. The van der Waals surface area contributed by atoms with Gasteiger partial charge in [0.1, 0.15) is 11.1 Å². The highest BCUT2D eigenvalue weighted by molar-refractivity contribution is 6.06. The molecule has 2 heterocycles. The summed E-state index contributed by atoms with van der Waals surface area (Å²) in [6.45, 7) is 0. The van der Waals surface area contributed by atoms with Crippen LogP contribution in [0, 0.1) is 0 Å². The standard InChI is InChI=1S/C27H18N2O/c1-2-7-18(8-3-1)20-13-14-24(22-10-5-4-9-21(20)22)29-19-12-15-25-23(17-19)27-26(30-25)11-6-16-28-27/h1-17,29H. The molecule has 6 aromatic rings. The van der Waals surface area contributed by atoms with E-state index in [2.05, 4.69) is 77.0 Å². The lowest BCUT2D eigenvalue weighted by Crippen LogP contribution is -1.92. The predicted octanol–water partition coefficient (Wildman–Crippen LogP) is 7.54. The molecule has 0 aliphatic heterocycles. The number of rotatable bonds is 3. The largest absolute Gasteiger partial charge is 0.454 e. The summed E-state index contributed by atoms with van der Waals surface area (Å²) in [5.74, 6) is 0. The lowest BCUT2D eigenvalue weighted by molar-refractivity contribution is 0.668. The lowest BCUT2D eigenvalue weighted by Gasteiger charge is -2.13. The molecule has 0 spiro atoms. The molecule has 6 rings (SSSR count). The van der Waals surface area contributed by atoms with Gasteiger partial charge in [0.05, 0.1) is 0 Å². The Hall–Kier alpha value is -4.11. The smallest absolute Gasteiger partial charge is 0.153 e. The number of nitrogens with one attached hydrogen (secondary N) is 1. The van der Waals surface area contributed by atoms with Crippen molar-refractivity contribution in [2.75, 3.05) is 5.32 Å². The fourth-order valence-corrected chi connectivity index (χ4v) is 4.11. The van der Waals surface area contributed by atoms with Gasteiger partial charge in [-0.1, -0.05) is 60.7 Å². The molecule has 30 heavy (non-hydrogen) atoms. The number of hydrogen-bond donors (Lipinski definition) is 1. The van der Waals surface area contributed by atoms with E-state index in [9.17, 15) is 0 Å². The highest BCUT2D eigenvalue weighted by atomic mass is 16.3. The van der Waals surface area contributed by atoms with Gasteiger partial charge in [-0.2, -0.15) is 0 Å². The Morgan fingerprint density at radius 1 is 0.633 bits per heavy atom. The first kappa shape index (κ1) is 16.8. The number of benzene rings is 4. The molecular formula is C27H18N2O. The lowest BCUT2D eigenvalue weighted by atomic mass is 9.97. The van der Waals surface area contributed by atoms with Crippen LogP contribution in [-0.4, -0.2) is 4.98 Å². The first-order chi connectivity index (χ1) is 14.9. The Balaban J connectivity index is 1.47. The monoisotopic (exact) mass is 386 g/mol. The van der Waals surface area contributed by atoms with Gasteiger partial charge >= 0.3 is 0 Å².